The van der Waals surface area contributed by atoms with Crippen LogP contribution >= 0.6 is 0 Å². The number of carbonyl (C=O) groups is 1. The van der Waals surface area contributed by atoms with Crippen molar-refractivity contribution in [1.82, 2.24) is 9.88 Å². The number of ketones is 1. The van der Waals surface area contributed by atoms with Crippen LogP contribution in [0, 0.1) is 5.41 Å². The molecule has 0 unspecified atom stereocenters. The topological polar surface area (TPSA) is 83.1 Å². The van der Waals surface area contributed by atoms with Gasteiger partial charge in [0.05, 0.1) is 5.57 Å². The van der Waals surface area contributed by atoms with Crippen LogP contribution in [0.3, 0.4) is 0 Å². The predicted molar refractivity (Wildman–Crippen MR) is 150 cm³/mol. The molecular formula is C31H34F4N4O. The summed E-state index contributed by atoms with van der Waals surface area (Å²) in [5.41, 5.74) is 7.85. The number of Topliss-reactive ketones (excluding diaryl/α,β-unsaturated/α-hetero) is 1. The fraction of sp³-hybridized carbons (Fsp3) is 0.387. The number of aromatic nitrogens is 1. The fourth-order valence-electron chi connectivity index (χ4n) is 4.89. The maximum absolute atomic E-state index is 14.2. The fourth-order valence-corrected chi connectivity index (χ4v) is 4.89. The number of nitrogens with two attached hydrogens (primary N) is 1. The molecule has 2 aliphatic rings. The lowest BCUT2D eigenvalue weighted by Crippen LogP contribution is -2.39. The summed E-state index contributed by atoms with van der Waals surface area (Å²) in [4.78, 5) is 19.5. The van der Waals surface area contributed by atoms with Crippen LogP contribution < -0.4 is 5.73 Å². The second-order valence-corrected chi connectivity index (χ2v) is 10.7. The van der Waals surface area contributed by atoms with Crippen molar-refractivity contribution in [2.24, 2.45) is 0 Å². The Labute approximate surface area is 232 Å². The Bertz CT molecular complexity index is 1350. The van der Waals surface area contributed by atoms with E-state index in [4.69, 9.17) is 11.1 Å². The van der Waals surface area contributed by atoms with Gasteiger partial charge in [-0.3, -0.25) is 20.1 Å². The van der Waals surface area contributed by atoms with Gasteiger partial charge in [-0.2, -0.15) is 13.2 Å². The van der Waals surface area contributed by atoms with E-state index < -0.39 is 23.2 Å². The third-order valence-electron chi connectivity index (χ3n) is 7.42. The molecule has 1 aromatic carbocycles. The molecule has 3 N–H and O–H groups in total. The van der Waals surface area contributed by atoms with Gasteiger partial charge in [0.25, 0.3) is 0 Å². The Balaban J connectivity index is 1.42. The van der Waals surface area contributed by atoms with Crippen LogP contribution in [0.25, 0.3) is 11.1 Å². The number of halogens is 4. The first-order valence-corrected chi connectivity index (χ1v) is 13.4. The normalized spacial score (nSPS) is 17.9. The number of nitrogen functional groups attached to an aromatic ring is 1. The number of anilines is 1. The second-order valence-electron chi connectivity index (χ2n) is 10.7. The molecule has 1 fully saturated rings. The van der Waals surface area contributed by atoms with Gasteiger partial charge in [-0.15, -0.1) is 0 Å². The van der Waals surface area contributed by atoms with Crippen LogP contribution in [-0.4, -0.2) is 46.3 Å². The van der Waals surface area contributed by atoms with Crippen molar-refractivity contribution in [3.05, 3.63) is 83.2 Å². The third kappa shape index (κ3) is 7.75. The number of nitrogens with zero attached hydrogens (tertiary/aromatic N) is 2. The summed E-state index contributed by atoms with van der Waals surface area (Å²) in [6.07, 6.45) is 6.40. The van der Waals surface area contributed by atoms with Crippen molar-refractivity contribution in [1.29, 1.82) is 5.41 Å². The number of pyridine rings is 1. The van der Waals surface area contributed by atoms with Gasteiger partial charge >= 0.3 is 6.18 Å². The SMILES string of the molecule is CC1(F)CCN(Cc2cncc(-c3ccc(N)c(C(=N)C(=O)CCC4=CCCC=C(C(F)(F)F)C=C4)c3)c2)CC1. The first kappa shape index (κ1) is 29.4. The molecule has 4 rings (SSSR count). The predicted octanol–water partition coefficient (Wildman–Crippen LogP) is 7.14. The van der Waals surface area contributed by atoms with E-state index in [-0.39, 0.29) is 25.0 Å². The average Bonchev–Trinajstić information content (AvgIpc) is 2.88. The van der Waals surface area contributed by atoms with Crippen LogP contribution in [0.1, 0.15) is 56.6 Å². The van der Waals surface area contributed by atoms with Gasteiger partial charge in [0.2, 0.25) is 0 Å². The number of allylic oxidation sites excluding steroid dienone is 6. The van der Waals surface area contributed by atoms with Gasteiger partial charge in [0.1, 0.15) is 11.4 Å². The van der Waals surface area contributed by atoms with Crippen LogP contribution in [0.15, 0.2) is 72.1 Å². The molecule has 1 aliphatic heterocycles. The monoisotopic (exact) mass is 554 g/mol. The highest BCUT2D eigenvalue weighted by Crippen LogP contribution is 2.30. The number of alkyl halides is 4. The van der Waals surface area contributed by atoms with E-state index in [1.165, 1.54) is 12.2 Å². The second kappa shape index (κ2) is 12.3. The highest BCUT2D eigenvalue weighted by molar-refractivity contribution is 6.46. The number of likely N-dealkylation sites (tertiary alicyclic amines) is 1. The Kier molecular flexibility index (Phi) is 9.03. The van der Waals surface area contributed by atoms with Crippen molar-refractivity contribution in [2.75, 3.05) is 18.8 Å². The molecule has 0 radical (unpaired) electrons. The maximum Gasteiger partial charge on any atom is 0.416 e. The number of carbonyl (C=O) groups excluding carboxylic acids is 1. The highest BCUT2D eigenvalue weighted by atomic mass is 19.4. The van der Waals surface area contributed by atoms with E-state index in [0.29, 0.717) is 55.7 Å². The molecule has 0 saturated carbocycles. The van der Waals surface area contributed by atoms with E-state index in [2.05, 4.69) is 9.88 Å². The van der Waals surface area contributed by atoms with E-state index in [1.807, 2.05) is 18.2 Å². The van der Waals surface area contributed by atoms with Crippen LogP contribution in [-0.2, 0) is 11.3 Å². The average molecular weight is 555 g/mol. The van der Waals surface area contributed by atoms with Crippen molar-refractivity contribution in [3.63, 3.8) is 0 Å². The summed E-state index contributed by atoms with van der Waals surface area (Å²) in [6.45, 7) is 3.65. The van der Waals surface area contributed by atoms with E-state index in [9.17, 15) is 22.4 Å². The molecule has 1 aromatic heterocycles. The van der Waals surface area contributed by atoms with Gasteiger partial charge < -0.3 is 5.73 Å². The molecular weight excluding hydrogens is 520 g/mol. The molecule has 2 aromatic rings. The minimum absolute atomic E-state index is 0.0193. The lowest BCUT2D eigenvalue weighted by molar-refractivity contribution is -0.112. The molecule has 212 valence electrons. The van der Waals surface area contributed by atoms with Crippen LogP contribution in [0.2, 0.25) is 0 Å². The van der Waals surface area contributed by atoms with Crippen molar-refractivity contribution in [3.8, 4) is 11.1 Å². The third-order valence-corrected chi connectivity index (χ3v) is 7.42. The standard InChI is InChI=1S/C31H34F4N4O/c1-30(32)12-14-39(15-13-30)20-22-16-24(19-38-18-22)23-8-10-27(36)26(17-23)29(37)28(40)11-7-21-4-2-3-5-25(9-6-21)31(33,34)35/h4-6,8-10,16-19,37H,2-3,7,11-15,20,36H2,1H3. The zero-order valence-corrected chi connectivity index (χ0v) is 22.5. The molecule has 1 saturated heterocycles. The highest BCUT2D eigenvalue weighted by Gasteiger charge is 2.31. The Hall–Kier alpha value is -3.59. The van der Waals surface area contributed by atoms with Crippen LogP contribution in [0.4, 0.5) is 23.2 Å². The number of piperidine rings is 1. The molecule has 0 bridgehead atoms. The number of hydrogen-bond donors (Lipinski definition) is 2. The summed E-state index contributed by atoms with van der Waals surface area (Å²) in [6, 6.07) is 7.15. The summed E-state index contributed by atoms with van der Waals surface area (Å²) in [5.74, 6) is -0.441. The first-order valence-electron chi connectivity index (χ1n) is 13.4. The molecule has 1 aliphatic carbocycles. The summed E-state index contributed by atoms with van der Waals surface area (Å²) in [7, 11) is 0. The number of nitrogens with one attached hydrogen (secondary N) is 1. The maximum atomic E-state index is 14.2. The summed E-state index contributed by atoms with van der Waals surface area (Å²) in [5, 5.41) is 8.51. The minimum atomic E-state index is -4.42. The van der Waals surface area contributed by atoms with Gasteiger partial charge in [-0.25, -0.2) is 4.39 Å². The quantitative estimate of drug-likeness (QED) is 0.206. The lowest BCUT2D eigenvalue weighted by Gasteiger charge is -2.34. The number of rotatable bonds is 8. The van der Waals surface area contributed by atoms with E-state index >= 15 is 0 Å². The molecule has 40 heavy (non-hydrogen) atoms. The molecule has 5 nitrogen and oxygen atoms in total. The Morgan fingerprint density at radius 2 is 1.80 bits per heavy atom. The van der Waals surface area contributed by atoms with Gasteiger partial charge in [-0.1, -0.05) is 35.9 Å². The molecule has 0 spiro atoms. The van der Waals surface area contributed by atoms with E-state index in [1.54, 1.807) is 31.5 Å². The number of benzene rings is 1. The lowest BCUT2D eigenvalue weighted by atomic mass is 9.94. The van der Waals surface area contributed by atoms with Gasteiger partial charge in [0, 0.05) is 55.3 Å². The zero-order chi connectivity index (χ0) is 28.9. The largest absolute Gasteiger partial charge is 0.416 e. The summed E-state index contributed by atoms with van der Waals surface area (Å²) >= 11 is 0. The Morgan fingerprint density at radius 3 is 2.52 bits per heavy atom. The molecule has 0 atom stereocenters. The van der Waals surface area contributed by atoms with Gasteiger partial charge in [-0.05, 0) is 68.4 Å². The minimum Gasteiger partial charge on any atom is -0.398 e. The van der Waals surface area contributed by atoms with Gasteiger partial charge in [0.15, 0.2) is 5.78 Å². The van der Waals surface area contributed by atoms with Crippen molar-refractivity contribution < 1.29 is 22.4 Å². The Morgan fingerprint density at radius 1 is 1.07 bits per heavy atom. The number of hydrogen-bond acceptors (Lipinski definition) is 5. The van der Waals surface area contributed by atoms with Crippen molar-refractivity contribution >= 4 is 17.2 Å². The smallest absolute Gasteiger partial charge is 0.398 e. The zero-order valence-electron chi connectivity index (χ0n) is 22.5. The summed E-state index contributed by atoms with van der Waals surface area (Å²) < 4.78 is 53.4. The molecule has 0 amide bonds. The van der Waals surface area contributed by atoms with Crippen molar-refractivity contribution in [2.45, 2.75) is 63.8 Å². The first-order chi connectivity index (χ1) is 18.9. The van der Waals surface area contributed by atoms with Crippen LogP contribution in [0.5, 0.6) is 0 Å². The molecule has 9 heteroatoms. The molecule has 2 heterocycles. The van der Waals surface area contributed by atoms with E-state index in [0.717, 1.165) is 22.8 Å².